The molecule has 0 aliphatic heterocycles. The van der Waals surface area contributed by atoms with Gasteiger partial charge in [-0.3, -0.25) is 4.68 Å². The quantitative estimate of drug-likeness (QED) is 0.743. The van der Waals surface area contributed by atoms with Gasteiger partial charge in [-0.1, -0.05) is 6.92 Å². The first-order chi connectivity index (χ1) is 6.66. The Kier molecular flexibility index (Phi) is 4.10. The highest BCUT2D eigenvalue weighted by Gasteiger charge is 2.13. The maximum absolute atomic E-state index is 9.85. The van der Waals surface area contributed by atoms with Crippen molar-refractivity contribution in [1.82, 2.24) is 15.1 Å². The van der Waals surface area contributed by atoms with Gasteiger partial charge in [-0.15, -0.1) is 0 Å². The summed E-state index contributed by atoms with van der Waals surface area (Å²) in [6, 6.07) is 2.15. The number of likely N-dealkylation sites (N-methyl/N-ethyl adjacent to an activating group) is 1. The van der Waals surface area contributed by atoms with Gasteiger partial charge in [-0.2, -0.15) is 5.10 Å². The Morgan fingerprint density at radius 1 is 1.57 bits per heavy atom. The van der Waals surface area contributed by atoms with Gasteiger partial charge in [0.05, 0.1) is 5.69 Å². The molecule has 1 unspecified atom stereocenters. The molecular weight excluding hydrogens is 178 g/mol. The lowest BCUT2D eigenvalue weighted by Gasteiger charge is -2.15. The van der Waals surface area contributed by atoms with Gasteiger partial charge in [0.1, 0.15) is 6.10 Å². The van der Waals surface area contributed by atoms with Crippen molar-refractivity contribution >= 4 is 0 Å². The second-order valence-corrected chi connectivity index (χ2v) is 3.62. The molecule has 80 valence electrons. The van der Waals surface area contributed by atoms with E-state index in [-0.39, 0.29) is 6.04 Å². The molecule has 0 fully saturated rings. The van der Waals surface area contributed by atoms with Crippen molar-refractivity contribution in [1.29, 1.82) is 0 Å². The summed E-state index contributed by atoms with van der Waals surface area (Å²) in [6.45, 7) is 7.57. The van der Waals surface area contributed by atoms with Crippen molar-refractivity contribution in [3.05, 3.63) is 18.0 Å². The Morgan fingerprint density at radius 2 is 2.29 bits per heavy atom. The maximum atomic E-state index is 9.85. The van der Waals surface area contributed by atoms with Gasteiger partial charge in [0, 0.05) is 18.8 Å². The Bertz CT molecular complexity index is 270. The zero-order valence-corrected chi connectivity index (χ0v) is 9.07. The average Bonchev–Trinajstić information content (AvgIpc) is 2.62. The van der Waals surface area contributed by atoms with Gasteiger partial charge in [-0.05, 0) is 26.5 Å². The first kappa shape index (κ1) is 11.2. The topological polar surface area (TPSA) is 50.1 Å². The number of rotatable bonds is 5. The van der Waals surface area contributed by atoms with Crippen LogP contribution < -0.4 is 5.32 Å². The van der Waals surface area contributed by atoms with Gasteiger partial charge in [0.25, 0.3) is 0 Å². The lowest BCUT2D eigenvalue weighted by molar-refractivity contribution is 0.162. The number of hydrogen-bond acceptors (Lipinski definition) is 3. The molecule has 0 spiro atoms. The minimum Gasteiger partial charge on any atom is -0.385 e. The van der Waals surface area contributed by atoms with Crippen LogP contribution in [0.2, 0.25) is 0 Å². The molecule has 0 bridgehead atoms. The summed E-state index contributed by atoms with van der Waals surface area (Å²) >= 11 is 0. The van der Waals surface area contributed by atoms with Crippen molar-refractivity contribution in [3.63, 3.8) is 0 Å². The second-order valence-electron chi connectivity index (χ2n) is 3.62. The maximum Gasteiger partial charge on any atom is 0.108 e. The number of nitrogens with zero attached hydrogens (tertiary/aromatic N) is 2. The average molecular weight is 197 g/mol. The molecule has 1 atom stereocenters. The van der Waals surface area contributed by atoms with Crippen LogP contribution in [0, 0.1) is 0 Å². The molecular formula is C10H19N3O. The summed E-state index contributed by atoms with van der Waals surface area (Å²) in [4.78, 5) is 0. The Hall–Kier alpha value is -0.870. The molecule has 2 N–H and O–H groups in total. The molecule has 1 rings (SSSR count). The van der Waals surface area contributed by atoms with Crippen LogP contribution in [0.4, 0.5) is 0 Å². The van der Waals surface area contributed by atoms with Gasteiger partial charge >= 0.3 is 0 Å². The third-order valence-electron chi connectivity index (χ3n) is 2.12. The first-order valence-corrected chi connectivity index (χ1v) is 5.09. The van der Waals surface area contributed by atoms with E-state index in [9.17, 15) is 5.11 Å². The van der Waals surface area contributed by atoms with Crippen LogP contribution in [0.15, 0.2) is 12.3 Å². The van der Waals surface area contributed by atoms with E-state index in [1.165, 1.54) is 0 Å². The fourth-order valence-corrected chi connectivity index (χ4v) is 1.41. The van der Waals surface area contributed by atoms with Crippen molar-refractivity contribution in [2.75, 3.05) is 13.1 Å². The highest BCUT2D eigenvalue weighted by Crippen LogP contribution is 2.15. The molecule has 4 heteroatoms. The monoisotopic (exact) mass is 197 g/mol. The van der Waals surface area contributed by atoms with Crippen molar-refractivity contribution < 1.29 is 5.11 Å². The number of aromatic nitrogens is 2. The van der Waals surface area contributed by atoms with Crippen LogP contribution in [0.5, 0.6) is 0 Å². The summed E-state index contributed by atoms with van der Waals surface area (Å²) in [5.41, 5.74) is 0.876. The predicted octanol–water partition coefficient (Wildman–Crippen LogP) is 1.11. The molecule has 0 aliphatic carbocycles. The molecule has 14 heavy (non-hydrogen) atoms. The fourth-order valence-electron chi connectivity index (χ4n) is 1.41. The largest absolute Gasteiger partial charge is 0.385 e. The molecule has 0 aliphatic rings. The third kappa shape index (κ3) is 2.56. The molecule has 1 aromatic heterocycles. The van der Waals surface area contributed by atoms with E-state index in [4.69, 9.17) is 0 Å². The Morgan fingerprint density at radius 3 is 2.86 bits per heavy atom. The highest BCUT2D eigenvalue weighted by molar-refractivity contribution is 5.05. The molecule has 0 amide bonds. The molecule has 1 aromatic rings. The molecule has 0 radical (unpaired) electrons. The summed E-state index contributed by atoms with van der Waals surface area (Å²) < 4.78 is 1.85. The van der Waals surface area contributed by atoms with Gasteiger partial charge < -0.3 is 10.4 Å². The third-order valence-corrected chi connectivity index (χ3v) is 2.12. The van der Waals surface area contributed by atoms with E-state index in [2.05, 4.69) is 24.3 Å². The molecule has 0 saturated carbocycles. The normalized spacial score (nSPS) is 13.5. The van der Waals surface area contributed by atoms with Crippen LogP contribution in [0.25, 0.3) is 0 Å². The number of aliphatic hydroxyl groups excluding tert-OH is 1. The number of nitrogens with one attached hydrogen (secondary N) is 1. The lowest BCUT2D eigenvalue weighted by Crippen LogP contribution is -2.23. The van der Waals surface area contributed by atoms with Crippen molar-refractivity contribution in [2.45, 2.75) is 32.9 Å². The second kappa shape index (κ2) is 5.12. The van der Waals surface area contributed by atoms with Crippen molar-refractivity contribution in [2.24, 2.45) is 0 Å². The van der Waals surface area contributed by atoms with Gasteiger partial charge in [0.2, 0.25) is 0 Å². The van der Waals surface area contributed by atoms with Crippen LogP contribution in [0.1, 0.15) is 38.6 Å². The van der Waals surface area contributed by atoms with E-state index in [1.54, 1.807) is 6.20 Å². The fraction of sp³-hybridized carbons (Fsp3) is 0.700. The Balaban J connectivity index is 2.68. The lowest BCUT2D eigenvalue weighted by atomic mass is 10.2. The minimum atomic E-state index is -0.472. The number of hydrogen-bond donors (Lipinski definition) is 2. The van der Waals surface area contributed by atoms with Crippen molar-refractivity contribution in [3.8, 4) is 0 Å². The zero-order chi connectivity index (χ0) is 10.6. The van der Waals surface area contributed by atoms with Crippen LogP contribution in [-0.2, 0) is 0 Å². The summed E-state index contributed by atoms with van der Waals surface area (Å²) in [5.74, 6) is 0. The SMILES string of the molecule is CCNCC(O)c1ccnn1C(C)C. The van der Waals surface area contributed by atoms with E-state index in [0.29, 0.717) is 6.54 Å². The van der Waals surface area contributed by atoms with Gasteiger partial charge in [0.15, 0.2) is 0 Å². The van der Waals surface area contributed by atoms with Crippen LogP contribution >= 0.6 is 0 Å². The van der Waals surface area contributed by atoms with E-state index < -0.39 is 6.10 Å². The predicted molar refractivity (Wildman–Crippen MR) is 56.1 cm³/mol. The molecule has 0 saturated heterocycles. The van der Waals surface area contributed by atoms with Crippen LogP contribution in [0.3, 0.4) is 0 Å². The number of aliphatic hydroxyl groups is 1. The Labute approximate surface area is 84.9 Å². The van der Waals surface area contributed by atoms with Crippen LogP contribution in [-0.4, -0.2) is 28.0 Å². The minimum absolute atomic E-state index is 0.288. The van der Waals surface area contributed by atoms with E-state index in [1.807, 2.05) is 17.7 Å². The van der Waals surface area contributed by atoms with E-state index >= 15 is 0 Å². The first-order valence-electron chi connectivity index (χ1n) is 5.09. The smallest absolute Gasteiger partial charge is 0.108 e. The molecule has 1 heterocycles. The molecule has 0 aromatic carbocycles. The summed E-state index contributed by atoms with van der Waals surface area (Å²) in [5, 5.41) is 17.1. The van der Waals surface area contributed by atoms with Gasteiger partial charge in [-0.25, -0.2) is 0 Å². The standard InChI is InChI=1S/C10H19N3O/c1-4-11-7-10(14)9-5-6-12-13(9)8(2)3/h5-6,8,10-11,14H,4,7H2,1-3H3. The van der Waals surface area contributed by atoms with E-state index in [0.717, 1.165) is 12.2 Å². The molecule has 4 nitrogen and oxygen atoms in total. The summed E-state index contributed by atoms with van der Waals surface area (Å²) in [6.07, 6.45) is 1.25. The highest BCUT2D eigenvalue weighted by atomic mass is 16.3. The zero-order valence-electron chi connectivity index (χ0n) is 9.07. The summed E-state index contributed by atoms with van der Waals surface area (Å²) in [7, 11) is 0.